The van der Waals surface area contributed by atoms with E-state index in [-0.39, 0.29) is 0 Å². The molecule has 1 fully saturated rings. The zero-order chi connectivity index (χ0) is 4.57. The van der Waals surface area contributed by atoms with Gasteiger partial charge in [-0.15, -0.1) is 0 Å². The molecule has 36 valence electrons. The summed E-state index contributed by atoms with van der Waals surface area (Å²) in [6.45, 7) is 3.53. The molecule has 6 heavy (non-hydrogen) atoms. The third kappa shape index (κ3) is 0.684. The van der Waals surface area contributed by atoms with Crippen molar-refractivity contribution in [2.45, 2.75) is 13.0 Å². The summed E-state index contributed by atoms with van der Waals surface area (Å²) in [7, 11) is 0. The van der Waals surface area contributed by atoms with Crippen LogP contribution in [0.5, 0.6) is 0 Å². The fraction of sp³-hybridized carbons (Fsp3) is 1.00. The molecule has 0 bridgehead atoms. The van der Waals surface area contributed by atoms with Crippen molar-refractivity contribution in [3.63, 3.8) is 0 Å². The van der Waals surface area contributed by atoms with Crippen LogP contribution in [0.25, 0.3) is 0 Å². The molecule has 0 N–H and O–H groups in total. The highest BCUT2D eigenvalue weighted by molar-refractivity contribution is 7.96. The second-order valence-electron chi connectivity index (χ2n) is 1.63. The summed E-state index contributed by atoms with van der Waals surface area (Å²) < 4.78 is 2.33. The molecule has 1 aliphatic rings. The second kappa shape index (κ2) is 1.43. The Hall–Kier alpha value is 0.310. The largest absolute Gasteiger partial charge is 0.245 e. The Labute approximate surface area is 42.8 Å². The van der Waals surface area contributed by atoms with Crippen molar-refractivity contribution in [1.82, 2.24) is 4.31 Å². The fourth-order valence-corrected chi connectivity index (χ4v) is 1.19. The maximum absolute atomic E-state index is 2.33. The number of nitrogens with zero attached hydrogens (tertiary/aromatic N) is 1. The summed E-state index contributed by atoms with van der Waals surface area (Å²) in [6.07, 6.45) is 2.11. The van der Waals surface area contributed by atoms with E-state index in [9.17, 15) is 0 Å². The predicted octanol–water partition coefficient (Wildman–Crippen LogP) is 0.969. The van der Waals surface area contributed by atoms with Crippen LogP contribution in [0.1, 0.15) is 6.92 Å². The van der Waals surface area contributed by atoms with Crippen molar-refractivity contribution in [3.8, 4) is 0 Å². The molecule has 2 unspecified atom stereocenters. The molecule has 0 aromatic carbocycles. The van der Waals surface area contributed by atoms with Gasteiger partial charge in [-0.25, -0.2) is 4.31 Å². The van der Waals surface area contributed by atoms with Crippen LogP contribution in [0.2, 0.25) is 0 Å². The Morgan fingerprint density at radius 2 is 2.33 bits per heavy atom. The Balaban J connectivity index is 2.09. The highest BCUT2D eigenvalue weighted by atomic mass is 32.2. The lowest BCUT2D eigenvalue weighted by molar-refractivity contribution is 0.852. The van der Waals surface area contributed by atoms with Gasteiger partial charge in [-0.05, 0) is 13.2 Å². The minimum atomic E-state index is 0.861. The van der Waals surface area contributed by atoms with E-state index in [1.807, 2.05) is 11.9 Å². The van der Waals surface area contributed by atoms with E-state index in [1.165, 1.54) is 6.54 Å². The van der Waals surface area contributed by atoms with Crippen molar-refractivity contribution < 1.29 is 0 Å². The second-order valence-corrected chi connectivity index (χ2v) is 2.47. The average molecular weight is 103 g/mol. The third-order valence-electron chi connectivity index (χ3n) is 1.04. The molecule has 1 aliphatic heterocycles. The quantitative estimate of drug-likeness (QED) is 0.359. The molecule has 0 saturated carbocycles. The highest BCUT2D eigenvalue weighted by Gasteiger charge is 2.27. The van der Waals surface area contributed by atoms with Gasteiger partial charge in [0.05, 0.1) is 0 Å². The van der Waals surface area contributed by atoms with Gasteiger partial charge in [0.25, 0.3) is 0 Å². The molecule has 0 aromatic heterocycles. The summed E-state index contributed by atoms with van der Waals surface area (Å²) >= 11 is 1.83. The van der Waals surface area contributed by atoms with Crippen molar-refractivity contribution in [3.05, 3.63) is 0 Å². The zero-order valence-electron chi connectivity index (χ0n) is 4.14. The Morgan fingerprint density at radius 1 is 1.83 bits per heavy atom. The predicted molar refractivity (Wildman–Crippen MR) is 29.7 cm³/mol. The van der Waals surface area contributed by atoms with Gasteiger partial charge in [0.1, 0.15) is 0 Å². The van der Waals surface area contributed by atoms with Crippen LogP contribution in [-0.4, -0.2) is 23.1 Å². The molecule has 1 saturated heterocycles. The SMILES string of the molecule is CSN1CC1C. The van der Waals surface area contributed by atoms with Crippen LogP contribution >= 0.6 is 11.9 Å². The summed E-state index contributed by atoms with van der Waals surface area (Å²) in [6, 6.07) is 0.861. The normalized spacial score (nSPS) is 43.0. The molecule has 0 radical (unpaired) electrons. The first-order valence-corrected chi connectivity index (χ1v) is 3.33. The van der Waals surface area contributed by atoms with Crippen LogP contribution in [0.15, 0.2) is 0 Å². The van der Waals surface area contributed by atoms with Gasteiger partial charge in [0.2, 0.25) is 0 Å². The van der Waals surface area contributed by atoms with Gasteiger partial charge >= 0.3 is 0 Å². The Bertz CT molecular complexity index is 53.5. The van der Waals surface area contributed by atoms with E-state index in [2.05, 4.69) is 17.5 Å². The van der Waals surface area contributed by atoms with Gasteiger partial charge in [-0.1, -0.05) is 11.9 Å². The van der Waals surface area contributed by atoms with Crippen molar-refractivity contribution in [2.24, 2.45) is 0 Å². The first-order valence-electron chi connectivity index (χ1n) is 2.15. The van der Waals surface area contributed by atoms with Crippen LogP contribution in [0.4, 0.5) is 0 Å². The van der Waals surface area contributed by atoms with E-state index in [1.54, 1.807) is 0 Å². The molecule has 0 aliphatic carbocycles. The monoisotopic (exact) mass is 103 g/mol. The third-order valence-corrected chi connectivity index (χ3v) is 2.01. The lowest BCUT2D eigenvalue weighted by Gasteiger charge is -1.86. The molecule has 0 amide bonds. The summed E-state index contributed by atoms with van der Waals surface area (Å²) in [4.78, 5) is 0. The molecule has 1 nitrogen and oxygen atoms in total. The standard InChI is InChI=1S/C4H9NS/c1-4-3-5(4)6-2/h4H,3H2,1-2H3. The lowest BCUT2D eigenvalue weighted by atomic mass is 10.6. The maximum Gasteiger partial charge on any atom is 0.0311 e. The van der Waals surface area contributed by atoms with Crippen molar-refractivity contribution in [2.75, 3.05) is 12.8 Å². The highest BCUT2D eigenvalue weighted by Crippen LogP contribution is 2.23. The number of hydrogen-bond donors (Lipinski definition) is 0. The smallest absolute Gasteiger partial charge is 0.0311 e. The van der Waals surface area contributed by atoms with E-state index in [0.29, 0.717) is 0 Å². The molecule has 0 spiro atoms. The van der Waals surface area contributed by atoms with Crippen molar-refractivity contribution >= 4 is 11.9 Å². The first kappa shape index (κ1) is 4.47. The van der Waals surface area contributed by atoms with Crippen LogP contribution in [0.3, 0.4) is 0 Å². The lowest BCUT2D eigenvalue weighted by Crippen LogP contribution is -1.80. The van der Waals surface area contributed by atoms with Crippen molar-refractivity contribution in [1.29, 1.82) is 0 Å². The van der Waals surface area contributed by atoms with Gasteiger partial charge in [-0.3, -0.25) is 0 Å². The summed E-state index contributed by atoms with van der Waals surface area (Å²) in [5, 5.41) is 0. The topological polar surface area (TPSA) is 3.01 Å². The molecule has 2 heteroatoms. The maximum atomic E-state index is 2.33. The van der Waals surface area contributed by atoms with Gasteiger partial charge in [-0.2, -0.15) is 0 Å². The van der Waals surface area contributed by atoms with E-state index in [4.69, 9.17) is 0 Å². The number of rotatable bonds is 1. The fourth-order valence-electron chi connectivity index (χ4n) is 0.468. The summed E-state index contributed by atoms with van der Waals surface area (Å²) in [5.74, 6) is 0. The van der Waals surface area contributed by atoms with Crippen LogP contribution in [0, 0.1) is 0 Å². The van der Waals surface area contributed by atoms with Gasteiger partial charge < -0.3 is 0 Å². The first-order chi connectivity index (χ1) is 2.84. The van der Waals surface area contributed by atoms with E-state index >= 15 is 0 Å². The van der Waals surface area contributed by atoms with Crippen LogP contribution in [-0.2, 0) is 0 Å². The minimum absolute atomic E-state index is 0.861. The molecular weight excluding hydrogens is 94.1 g/mol. The molecule has 2 atom stereocenters. The Morgan fingerprint density at radius 3 is 2.33 bits per heavy atom. The Kier molecular flexibility index (Phi) is 1.06. The molecule has 1 rings (SSSR count). The minimum Gasteiger partial charge on any atom is -0.245 e. The number of hydrogen-bond acceptors (Lipinski definition) is 2. The van der Waals surface area contributed by atoms with E-state index in [0.717, 1.165) is 6.04 Å². The van der Waals surface area contributed by atoms with Gasteiger partial charge in [0.15, 0.2) is 0 Å². The molecule has 1 heterocycles. The van der Waals surface area contributed by atoms with Crippen LogP contribution < -0.4 is 0 Å². The zero-order valence-corrected chi connectivity index (χ0v) is 4.96. The van der Waals surface area contributed by atoms with E-state index < -0.39 is 0 Å². The molecule has 0 aromatic rings. The van der Waals surface area contributed by atoms with Gasteiger partial charge in [0, 0.05) is 12.6 Å². The molecular formula is C4H9NS. The average Bonchev–Trinajstić information content (AvgIpc) is 2.19. The summed E-state index contributed by atoms with van der Waals surface area (Å²) in [5.41, 5.74) is 0.